The van der Waals surface area contributed by atoms with Crippen LogP contribution in [0.1, 0.15) is 43.7 Å². The van der Waals surface area contributed by atoms with Crippen LogP contribution in [0.5, 0.6) is 0 Å². The molecule has 0 radical (unpaired) electrons. The lowest BCUT2D eigenvalue weighted by atomic mass is 9.91. The summed E-state index contributed by atoms with van der Waals surface area (Å²) in [5.41, 5.74) is 0.833. The van der Waals surface area contributed by atoms with E-state index in [2.05, 4.69) is 10.3 Å². The monoisotopic (exact) mass is 354 g/mol. The van der Waals surface area contributed by atoms with Gasteiger partial charge in [0.25, 0.3) is 0 Å². The predicted octanol–water partition coefficient (Wildman–Crippen LogP) is 2.26. The second-order valence-corrected chi connectivity index (χ2v) is 9.54. The third-order valence-corrected chi connectivity index (χ3v) is 7.12. The summed E-state index contributed by atoms with van der Waals surface area (Å²) >= 11 is 0. The maximum Gasteiger partial charge on any atom is 0.247 e. The van der Waals surface area contributed by atoms with Crippen LogP contribution in [-0.2, 0) is 9.30 Å². The van der Waals surface area contributed by atoms with Crippen molar-refractivity contribution in [2.75, 3.05) is 25.5 Å². The number of rotatable bonds is 5. The molecule has 0 spiro atoms. The van der Waals surface area contributed by atoms with Crippen LogP contribution in [0.3, 0.4) is 0 Å². The zero-order valence-corrected chi connectivity index (χ0v) is 14.8. The highest BCUT2D eigenvalue weighted by molar-refractivity contribution is 7.58. The number of ether oxygens (including phenoxy) is 1. The molecule has 2 aliphatic rings. The quantitative estimate of drug-likeness (QED) is 0.706. The van der Waals surface area contributed by atoms with E-state index in [4.69, 9.17) is 4.74 Å². The van der Waals surface area contributed by atoms with Crippen LogP contribution in [0, 0.1) is 5.92 Å². The number of aromatic amines is 1. The first-order valence-electron chi connectivity index (χ1n) is 8.86. The van der Waals surface area contributed by atoms with Gasteiger partial charge in [-0.2, -0.15) is 0 Å². The van der Waals surface area contributed by atoms with Crippen LogP contribution >= 0.6 is 7.37 Å². The van der Waals surface area contributed by atoms with Crippen LogP contribution in [0.25, 0.3) is 0 Å². The zero-order valence-electron chi connectivity index (χ0n) is 13.9. The van der Waals surface area contributed by atoms with Crippen molar-refractivity contribution in [1.29, 1.82) is 0 Å². The Morgan fingerprint density at radius 3 is 2.62 bits per heavy atom. The molecule has 0 amide bonds. The van der Waals surface area contributed by atoms with Crippen molar-refractivity contribution in [1.82, 2.24) is 10.3 Å². The highest BCUT2D eigenvalue weighted by Gasteiger charge is 2.31. The SMILES string of the molecule is O=c1ccc([C@H]2CO[C@@H](CP(=O)(O)CC3CCCCC3)CN2)c[nH]1. The summed E-state index contributed by atoms with van der Waals surface area (Å²) in [6.45, 7) is 0.999. The Morgan fingerprint density at radius 1 is 1.21 bits per heavy atom. The van der Waals surface area contributed by atoms with Gasteiger partial charge in [-0.15, -0.1) is 0 Å². The highest BCUT2D eigenvalue weighted by Crippen LogP contribution is 2.46. The molecule has 3 rings (SSSR count). The molecule has 3 N–H and O–H groups in total. The lowest BCUT2D eigenvalue weighted by Crippen LogP contribution is -2.43. The van der Waals surface area contributed by atoms with E-state index in [1.807, 2.05) is 0 Å². The molecule has 1 unspecified atom stereocenters. The standard InChI is InChI=1S/C17H27N2O4P/c20-17-7-6-14(8-19-17)16-10-23-15(9-18-16)12-24(21,22)11-13-4-2-1-3-5-13/h6-8,13,15-16,18H,1-5,9-12H2,(H,19,20)(H,21,22)/t15-,16-/m1/s1. The second kappa shape index (κ2) is 7.96. The smallest absolute Gasteiger partial charge is 0.247 e. The van der Waals surface area contributed by atoms with E-state index in [1.54, 1.807) is 12.3 Å². The molecule has 0 bridgehead atoms. The van der Waals surface area contributed by atoms with Gasteiger partial charge < -0.3 is 19.9 Å². The number of aromatic nitrogens is 1. The van der Waals surface area contributed by atoms with Crippen LogP contribution in [0.4, 0.5) is 0 Å². The Morgan fingerprint density at radius 2 is 2.00 bits per heavy atom. The first kappa shape index (κ1) is 17.9. The average molecular weight is 354 g/mol. The van der Waals surface area contributed by atoms with Crippen molar-refractivity contribution < 1.29 is 14.2 Å². The maximum absolute atomic E-state index is 12.5. The van der Waals surface area contributed by atoms with Gasteiger partial charge in [0.1, 0.15) is 0 Å². The van der Waals surface area contributed by atoms with Gasteiger partial charge in [0.05, 0.1) is 24.9 Å². The highest BCUT2D eigenvalue weighted by atomic mass is 31.2. The molecule has 7 heteroatoms. The Labute approximate surface area is 142 Å². The van der Waals surface area contributed by atoms with E-state index >= 15 is 0 Å². The number of hydrogen-bond acceptors (Lipinski definition) is 4. The summed E-state index contributed by atoms with van der Waals surface area (Å²) in [7, 11) is -3.14. The molecule has 1 saturated carbocycles. The van der Waals surface area contributed by atoms with Gasteiger partial charge in [0.2, 0.25) is 12.9 Å². The largest absolute Gasteiger partial charge is 0.374 e. The zero-order chi connectivity index (χ0) is 17.0. The number of H-pyrrole nitrogens is 1. The van der Waals surface area contributed by atoms with Crippen LogP contribution in [0.15, 0.2) is 23.1 Å². The number of pyridine rings is 1. The first-order chi connectivity index (χ1) is 11.5. The van der Waals surface area contributed by atoms with Crippen LogP contribution < -0.4 is 10.9 Å². The summed E-state index contributed by atoms with van der Waals surface area (Å²) in [5.74, 6) is 0.403. The van der Waals surface area contributed by atoms with Gasteiger partial charge in [-0.05, 0) is 24.3 Å². The van der Waals surface area contributed by atoms with Gasteiger partial charge in [-0.25, -0.2) is 0 Å². The molecular formula is C17H27N2O4P. The molecule has 2 fully saturated rings. The summed E-state index contributed by atoms with van der Waals surface area (Å²) in [6, 6.07) is 3.28. The molecule has 1 aromatic heterocycles. The number of hydrogen-bond donors (Lipinski definition) is 3. The Kier molecular flexibility index (Phi) is 5.93. The molecular weight excluding hydrogens is 327 g/mol. The first-order valence-corrected chi connectivity index (χ1v) is 10.9. The molecule has 134 valence electrons. The van der Waals surface area contributed by atoms with E-state index < -0.39 is 7.37 Å². The topological polar surface area (TPSA) is 91.4 Å². The van der Waals surface area contributed by atoms with Gasteiger partial charge in [-0.3, -0.25) is 9.36 Å². The Balaban J connectivity index is 1.48. The minimum atomic E-state index is -3.14. The van der Waals surface area contributed by atoms with Gasteiger partial charge in [-0.1, -0.05) is 25.3 Å². The fourth-order valence-electron chi connectivity index (χ4n) is 3.76. The van der Waals surface area contributed by atoms with Crippen molar-refractivity contribution in [3.05, 3.63) is 34.2 Å². The molecule has 1 saturated heterocycles. The summed E-state index contributed by atoms with van der Waals surface area (Å²) in [6.07, 6.45) is 7.94. The van der Waals surface area contributed by atoms with Crippen molar-refractivity contribution >= 4 is 7.37 Å². The third kappa shape index (κ3) is 5.03. The predicted molar refractivity (Wildman–Crippen MR) is 93.7 cm³/mol. The third-order valence-electron chi connectivity index (χ3n) is 5.06. The van der Waals surface area contributed by atoms with E-state index in [1.165, 1.54) is 25.3 Å². The number of morpholine rings is 1. The normalized spacial score (nSPS) is 28.4. The lowest BCUT2D eigenvalue weighted by Gasteiger charge is -2.32. The van der Waals surface area contributed by atoms with Crippen LogP contribution in [-0.4, -0.2) is 41.5 Å². The van der Waals surface area contributed by atoms with Crippen molar-refractivity contribution in [3.8, 4) is 0 Å². The minimum absolute atomic E-state index is 0.00882. The lowest BCUT2D eigenvalue weighted by molar-refractivity contribution is 0.0155. The summed E-state index contributed by atoms with van der Waals surface area (Å²) in [4.78, 5) is 24.1. The van der Waals surface area contributed by atoms with E-state index in [9.17, 15) is 14.3 Å². The molecule has 6 nitrogen and oxygen atoms in total. The maximum atomic E-state index is 12.5. The van der Waals surface area contributed by atoms with E-state index in [-0.39, 0.29) is 23.9 Å². The van der Waals surface area contributed by atoms with E-state index in [0.29, 0.717) is 25.2 Å². The second-order valence-electron chi connectivity index (χ2n) is 7.12. The fraction of sp³-hybridized carbons (Fsp3) is 0.706. The van der Waals surface area contributed by atoms with Gasteiger partial charge in [0, 0.05) is 25.0 Å². The molecule has 0 aromatic carbocycles. The molecule has 3 atom stereocenters. The number of nitrogens with one attached hydrogen (secondary N) is 2. The molecule has 1 aliphatic carbocycles. The molecule has 1 aliphatic heterocycles. The average Bonchev–Trinajstić information content (AvgIpc) is 2.56. The van der Waals surface area contributed by atoms with E-state index in [0.717, 1.165) is 18.4 Å². The van der Waals surface area contributed by atoms with Crippen molar-refractivity contribution in [3.63, 3.8) is 0 Å². The van der Waals surface area contributed by atoms with Crippen molar-refractivity contribution in [2.45, 2.75) is 44.2 Å². The molecule has 2 heterocycles. The summed E-state index contributed by atoms with van der Waals surface area (Å²) < 4.78 is 18.4. The fourth-order valence-corrected chi connectivity index (χ4v) is 5.95. The summed E-state index contributed by atoms with van der Waals surface area (Å²) in [5, 5.41) is 3.35. The Bertz CT molecular complexity index is 613. The Hall–Kier alpha value is -0.940. The van der Waals surface area contributed by atoms with Crippen molar-refractivity contribution in [2.24, 2.45) is 5.92 Å². The molecule has 24 heavy (non-hydrogen) atoms. The van der Waals surface area contributed by atoms with Crippen LogP contribution in [0.2, 0.25) is 0 Å². The van der Waals surface area contributed by atoms with Gasteiger partial charge >= 0.3 is 0 Å². The molecule has 1 aromatic rings. The van der Waals surface area contributed by atoms with Gasteiger partial charge in [0.15, 0.2) is 0 Å². The minimum Gasteiger partial charge on any atom is -0.374 e.